The van der Waals surface area contributed by atoms with Crippen molar-refractivity contribution in [1.29, 1.82) is 0 Å². The number of amides is 4. The summed E-state index contributed by atoms with van der Waals surface area (Å²) in [4.78, 5) is 53.7. The molecule has 0 radical (unpaired) electrons. The van der Waals surface area contributed by atoms with Crippen LogP contribution in [-0.2, 0) is 29.0 Å². The minimum absolute atomic E-state index is 0.0531. The third kappa shape index (κ3) is 4.72. The maximum Gasteiger partial charge on any atom is 0.259 e. The number of aromatic nitrogens is 1. The molecule has 5 rings (SSSR count). The van der Waals surface area contributed by atoms with E-state index >= 15 is 0 Å². The molecular weight excluding hydrogens is 476 g/mol. The van der Waals surface area contributed by atoms with E-state index in [9.17, 15) is 19.2 Å². The zero-order valence-corrected chi connectivity index (χ0v) is 21.2. The Balaban J connectivity index is 1.27. The van der Waals surface area contributed by atoms with Crippen LogP contribution in [-0.4, -0.2) is 63.8 Å². The highest BCUT2D eigenvalue weighted by Gasteiger charge is 2.39. The van der Waals surface area contributed by atoms with Gasteiger partial charge in [0, 0.05) is 31.5 Å². The van der Waals surface area contributed by atoms with Crippen molar-refractivity contribution in [3.63, 3.8) is 0 Å². The van der Waals surface area contributed by atoms with E-state index in [-0.39, 0.29) is 30.2 Å². The van der Waals surface area contributed by atoms with E-state index in [1.54, 1.807) is 12.1 Å². The molecule has 1 aromatic heterocycles. The lowest BCUT2D eigenvalue weighted by molar-refractivity contribution is -0.136. The Bertz CT molecular complexity index is 1220. The number of likely N-dealkylation sites (tertiary alicyclic amines) is 1. The molecule has 4 heterocycles. The van der Waals surface area contributed by atoms with Crippen LogP contribution in [0.5, 0.6) is 5.75 Å². The number of carbonyl (C=O) groups excluding carboxylic acids is 4. The summed E-state index contributed by atoms with van der Waals surface area (Å²) in [7, 11) is 0. The van der Waals surface area contributed by atoms with Crippen LogP contribution in [0.15, 0.2) is 22.7 Å². The standard InChI is InChI=1S/C27H32N4O6/c1-3-20-24(22(4-2)37-29-20)27(35)30-12-6-5-7-17(30)15-36-18-8-9-19-16(13-18)14-31(26(19)34)21-10-11-23(32)28-25(21)33/h8-9,13,17,21H,3-7,10-12,14-15H2,1-2H3,(H,28,32,33). The number of rotatable bonds is 7. The fourth-order valence-corrected chi connectivity index (χ4v) is 5.51. The first-order valence-electron chi connectivity index (χ1n) is 13.1. The van der Waals surface area contributed by atoms with Gasteiger partial charge in [0.05, 0.1) is 11.7 Å². The summed E-state index contributed by atoms with van der Waals surface area (Å²) in [6.45, 7) is 5.20. The number of nitrogens with one attached hydrogen (secondary N) is 1. The minimum atomic E-state index is -0.651. The number of fused-ring (bicyclic) bond motifs is 1. The zero-order valence-electron chi connectivity index (χ0n) is 21.2. The average Bonchev–Trinajstić information content (AvgIpc) is 3.47. The molecule has 10 heteroatoms. The fraction of sp³-hybridized carbons (Fsp3) is 0.519. The molecular formula is C27H32N4O6. The van der Waals surface area contributed by atoms with Gasteiger partial charge in [0.15, 0.2) is 0 Å². The van der Waals surface area contributed by atoms with E-state index in [4.69, 9.17) is 9.26 Å². The summed E-state index contributed by atoms with van der Waals surface area (Å²) < 4.78 is 11.6. The van der Waals surface area contributed by atoms with Gasteiger partial charge >= 0.3 is 0 Å². The van der Waals surface area contributed by atoms with Gasteiger partial charge in [-0.1, -0.05) is 19.0 Å². The maximum atomic E-state index is 13.5. The van der Waals surface area contributed by atoms with E-state index in [1.165, 1.54) is 4.90 Å². The van der Waals surface area contributed by atoms with Crippen molar-refractivity contribution >= 4 is 23.6 Å². The van der Waals surface area contributed by atoms with Crippen molar-refractivity contribution in [3.8, 4) is 5.75 Å². The molecule has 2 atom stereocenters. The molecule has 1 N–H and O–H groups in total. The Kier molecular flexibility index (Phi) is 6.99. The Hall–Kier alpha value is -3.69. The Morgan fingerprint density at radius 1 is 1.16 bits per heavy atom. The Morgan fingerprint density at radius 2 is 2.00 bits per heavy atom. The molecule has 0 aliphatic carbocycles. The minimum Gasteiger partial charge on any atom is -0.491 e. The average molecular weight is 509 g/mol. The molecule has 196 valence electrons. The highest BCUT2D eigenvalue weighted by atomic mass is 16.5. The van der Waals surface area contributed by atoms with E-state index in [2.05, 4.69) is 10.5 Å². The van der Waals surface area contributed by atoms with E-state index in [0.29, 0.717) is 67.3 Å². The molecule has 2 unspecified atom stereocenters. The van der Waals surface area contributed by atoms with Gasteiger partial charge in [-0.3, -0.25) is 24.5 Å². The summed E-state index contributed by atoms with van der Waals surface area (Å²) in [6.07, 6.45) is 4.57. The summed E-state index contributed by atoms with van der Waals surface area (Å²) >= 11 is 0. The molecule has 3 aliphatic heterocycles. The number of carbonyl (C=O) groups is 4. The van der Waals surface area contributed by atoms with Gasteiger partial charge in [0.1, 0.15) is 29.7 Å². The highest BCUT2D eigenvalue weighted by Crippen LogP contribution is 2.31. The van der Waals surface area contributed by atoms with Crippen molar-refractivity contribution in [1.82, 2.24) is 20.3 Å². The van der Waals surface area contributed by atoms with Crippen LogP contribution in [0.2, 0.25) is 0 Å². The molecule has 0 spiro atoms. The van der Waals surface area contributed by atoms with Gasteiger partial charge in [0.25, 0.3) is 11.8 Å². The molecule has 0 bridgehead atoms. The number of hydrogen-bond donors (Lipinski definition) is 1. The van der Waals surface area contributed by atoms with Gasteiger partial charge in [0.2, 0.25) is 11.8 Å². The van der Waals surface area contributed by atoms with E-state index in [0.717, 1.165) is 24.8 Å². The van der Waals surface area contributed by atoms with Crippen LogP contribution in [0.25, 0.3) is 0 Å². The molecule has 37 heavy (non-hydrogen) atoms. The van der Waals surface area contributed by atoms with Crippen LogP contribution >= 0.6 is 0 Å². The predicted molar refractivity (Wildman–Crippen MR) is 132 cm³/mol. The van der Waals surface area contributed by atoms with E-state index < -0.39 is 11.9 Å². The van der Waals surface area contributed by atoms with Crippen molar-refractivity contribution in [2.24, 2.45) is 0 Å². The maximum absolute atomic E-state index is 13.5. The second-order valence-electron chi connectivity index (χ2n) is 9.81. The van der Waals surface area contributed by atoms with Gasteiger partial charge in [-0.05, 0) is 55.9 Å². The molecule has 1 aromatic carbocycles. The molecule has 3 aliphatic rings. The first-order chi connectivity index (χ1) is 17.9. The van der Waals surface area contributed by atoms with Crippen molar-refractivity contribution in [3.05, 3.63) is 46.3 Å². The van der Waals surface area contributed by atoms with Crippen molar-refractivity contribution in [2.45, 2.75) is 77.4 Å². The van der Waals surface area contributed by atoms with Crippen LogP contribution in [0.4, 0.5) is 0 Å². The molecule has 2 fully saturated rings. The van der Waals surface area contributed by atoms with Gasteiger partial charge in [-0.25, -0.2) is 0 Å². The summed E-state index contributed by atoms with van der Waals surface area (Å²) in [5.74, 6) is 0.229. The third-order valence-corrected chi connectivity index (χ3v) is 7.53. The number of aryl methyl sites for hydroxylation is 2. The second kappa shape index (κ2) is 10.4. The quantitative estimate of drug-likeness (QED) is 0.571. The first kappa shape index (κ1) is 25.0. The lowest BCUT2D eigenvalue weighted by Gasteiger charge is -2.35. The van der Waals surface area contributed by atoms with E-state index in [1.807, 2.05) is 24.8 Å². The second-order valence-corrected chi connectivity index (χ2v) is 9.81. The fourth-order valence-electron chi connectivity index (χ4n) is 5.51. The lowest BCUT2D eigenvalue weighted by Crippen LogP contribution is -2.52. The van der Waals surface area contributed by atoms with Crippen LogP contribution in [0, 0.1) is 0 Å². The summed E-state index contributed by atoms with van der Waals surface area (Å²) in [6, 6.07) is 4.58. The summed E-state index contributed by atoms with van der Waals surface area (Å²) in [5.41, 5.74) is 2.60. The number of ether oxygens (including phenoxy) is 1. The molecule has 4 amide bonds. The Morgan fingerprint density at radius 3 is 2.76 bits per heavy atom. The number of benzene rings is 1. The first-order valence-corrected chi connectivity index (χ1v) is 13.1. The summed E-state index contributed by atoms with van der Waals surface area (Å²) in [5, 5.41) is 6.42. The number of imide groups is 1. The van der Waals surface area contributed by atoms with Gasteiger partial charge < -0.3 is 19.1 Å². The molecule has 0 saturated carbocycles. The predicted octanol–water partition coefficient (Wildman–Crippen LogP) is 2.63. The van der Waals surface area contributed by atoms with Crippen molar-refractivity contribution < 1.29 is 28.4 Å². The normalized spacial score (nSPS) is 21.7. The van der Waals surface area contributed by atoms with Crippen LogP contribution in [0.3, 0.4) is 0 Å². The van der Waals surface area contributed by atoms with Crippen LogP contribution < -0.4 is 10.1 Å². The molecule has 10 nitrogen and oxygen atoms in total. The SMILES string of the molecule is CCc1noc(CC)c1C(=O)N1CCCCC1COc1ccc2c(c1)CN(C1CCC(=O)NC1=O)C2=O. The number of hydrogen-bond acceptors (Lipinski definition) is 7. The third-order valence-electron chi connectivity index (χ3n) is 7.53. The number of piperidine rings is 2. The monoisotopic (exact) mass is 508 g/mol. The molecule has 2 saturated heterocycles. The lowest BCUT2D eigenvalue weighted by atomic mass is 10.00. The Labute approximate surface area is 215 Å². The zero-order chi connectivity index (χ0) is 26.1. The molecule has 2 aromatic rings. The van der Waals surface area contributed by atoms with Gasteiger partial charge in [-0.2, -0.15) is 0 Å². The smallest absolute Gasteiger partial charge is 0.259 e. The number of nitrogens with zero attached hydrogens (tertiary/aromatic N) is 3. The topological polar surface area (TPSA) is 122 Å². The van der Waals surface area contributed by atoms with Crippen molar-refractivity contribution in [2.75, 3.05) is 13.2 Å². The highest BCUT2D eigenvalue weighted by molar-refractivity contribution is 6.05. The van der Waals surface area contributed by atoms with Crippen LogP contribution in [0.1, 0.15) is 83.7 Å². The largest absolute Gasteiger partial charge is 0.491 e. The van der Waals surface area contributed by atoms with Gasteiger partial charge in [-0.15, -0.1) is 0 Å².